The van der Waals surface area contributed by atoms with E-state index in [0.717, 1.165) is 30.4 Å². The van der Waals surface area contributed by atoms with E-state index in [1.165, 1.54) is 10.4 Å². The van der Waals surface area contributed by atoms with Gasteiger partial charge in [0.1, 0.15) is 0 Å². The van der Waals surface area contributed by atoms with E-state index >= 15 is 0 Å². The lowest BCUT2D eigenvalue weighted by Gasteiger charge is -2.29. The number of hydrogen-bond acceptors (Lipinski definition) is 3. The van der Waals surface area contributed by atoms with E-state index in [0.29, 0.717) is 19.6 Å². The lowest BCUT2D eigenvalue weighted by Crippen LogP contribution is -2.43. The zero-order valence-electron chi connectivity index (χ0n) is 11.7. The van der Waals surface area contributed by atoms with Gasteiger partial charge >= 0.3 is 5.97 Å². The third kappa shape index (κ3) is 2.68. The number of rotatable bonds is 3. The van der Waals surface area contributed by atoms with Crippen LogP contribution in [-0.2, 0) is 23.3 Å². The van der Waals surface area contributed by atoms with Crippen LogP contribution in [0.5, 0.6) is 0 Å². The van der Waals surface area contributed by atoms with Gasteiger partial charge in [0.2, 0.25) is 0 Å². The van der Waals surface area contributed by atoms with Gasteiger partial charge in [0.05, 0.1) is 5.56 Å². The van der Waals surface area contributed by atoms with Crippen molar-refractivity contribution in [3.05, 3.63) is 34.9 Å². The maximum atomic E-state index is 12.6. The van der Waals surface area contributed by atoms with Crippen LogP contribution in [0.25, 0.3) is 0 Å². The van der Waals surface area contributed by atoms with Gasteiger partial charge in [0, 0.05) is 26.2 Å². The second-order valence-electron chi connectivity index (χ2n) is 5.52. The minimum absolute atomic E-state index is 0.200. The Bertz CT molecular complexity index is 666. The second kappa shape index (κ2) is 5.40. The lowest BCUT2D eigenvalue weighted by molar-refractivity contribution is 0.0696. The zero-order chi connectivity index (χ0) is 15.0. The van der Waals surface area contributed by atoms with E-state index in [1.54, 1.807) is 16.4 Å². The van der Waals surface area contributed by atoms with Crippen LogP contribution in [0.15, 0.2) is 18.2 Å². The van der Waals surface area contributed by atoms with Gasteiger partial charge in [-0.1, -0.05) is 12.5 Å². The third-order valence-electron chi connectivity index (χ3n) is 4.11. The molecule has 0 saturated carbocycles. The molecule has 21 heavy (non-hydrogen) atoms. The summed E-state index contributed by atoms with van der Waals surface area (Å²) in [5.41, 5.74) is 1.88. The molecular weight excluding hydrogens is 292 g/mol. The number of nitrogens with zero attached hydrogens (tertiary/aromatic N) is 2. The van der Waals surface area contributed by atoms with Crippen LogP contribution in [0.4, 0.5) is 0 Å². The molecule has 1 fully saturated rings. The molecule has 114 valence electrons. The molecule has 1 aromatic rings. The molecule has 6 nitrogen and oxygen atoms in total. The van der Waals surface area contributed by atoms with Crippen LogP contribution in [0.2, 0.25) is 0 Å². The highest BCUT2D eigenvalue weighted by molar-refractivity contribution is 7.86. The number of benzene rings is 1. The molecule has 0 radical (unpaired) electrons. The number of carboxylic acids is 1. The van der Waals surface area contributed by atoms with Crippen molar-refractivity contribution in [2.45, 2.75) is 32.4 Å². The summed E-state index contributed by atoms with van der Waals surface area (Å²) in [6, 6.07) is 4.81. The first-order valence-corrected chi connectivity index (χ1v) is 8.48. The molecule has 3 rings (SSSR count). The minimum Gasteiger partial charge on any atom is -0.478 e. The van der Waals surface area contributed by atoms with Crippen LogP contribution < -0.4 is 0 Å². The quantitative estimate of drug-likeness (QED) is 0.916. The van der Waals surface area contributed by atoms with Gasteiger partial charge in [-0.05, 0) is 36.1 Å². The SMILES string of the molecule is O=C(O)c1ccc2c(c1)CN(S(=O)(=O)N1CCCCC1)C2. The highest BCUT2D eigenvalue weighted by Crippen LogP contribution is 2.28. The summed E-state index contributed by atoms with van der Waals surface area (Å²) in [7, 11) is -3.44. The van der Waals surface area contributed by atoms with Crippen molar-refractivity contribution < 1.29 is 18.3 Å². The van der Waals surface area contributed by atoms with Crippen LogP contribution in [0, 0.1) is 0 Å². The van der Waals surface area contributed by atoms with E-state index in [-0.39, 0.29) is 12.1 Å². The minimum atomic E-state index is -3.44. The molecule has 2 aliphatic rings. The number of hydrogen-bond donors (Lipinski definition) is 1. The van der Waals surface area contributed by atoms with Gasteiger partial charge in [0.25, 0.3) is 10.2 Å². The van der Waals surface area contributed by atoms with Crippen molar-refractivity contribution in [3.63, 3.8) is 0 Å². The summed E-state index contributed by atoms with van der Waals surface area (Å²) in [6.07, 6.45) is 2.89. The molecule has 0 spiro atoms. The van der Waals surface area contributed by atoms with Crippen molar-refractivity contribution >= 4 is 16.2 Å². The molecule has 2 heterocycles. The normalized spacial score (nSPS) is 20.4. The average Bonchev–Trinajstić information content (AvgIpc) is 2.91. The van der Waals surface area contributed by atoms with Crippen molar-refractivity contribution in [1.29, 1.82) is 0 Å². The van der Waals surface area contributed by atoms with Gasteiger partial charge < -0.3 is 5.11 Å². The fourth-order valence-corrected chi connectivity index (χ4v) is 4.57. The Morgan fingerprint density at radius 1 is 1.00 bits per heavy atom. The topological polar surface area (TPSA) is 77.9 Å². The molecule has 1 aromatic carbocycles. The molecule has 0 aliphatic carbocycles. The Balaban J connectivity index is 1.82. The zero-order valence-corrected chi connectivity index (χ0v) is 12.5. The molecule has 0 atom stereocenters. The molecular formula is C14H18N2O4S. The summed E-state index contributed by atoms with van der Waals surface area (Å²) in [4.78, 5) is 11.0. The predicted octanol–water partition coefficient (Wildman–Crippen LogP) is 1.43. The van der Waals surface area contributed by atoms with E-state index in [1.807, 2.05) is 0 Å². The van der Waals surface area contributed by atoms with E-state index in [4.69, 9.17) is 5.11 Å². The van der Waals surface area contributed by atoms with Crippen LogP contribution in [0.1, 0.15) is 40.7 Å². The first-order chi connectivity index (χ1) is 9.98. The van der Waals surface area contributed by atoms with Gasteiger partial charge in [-0.3, -0.25) is 0 Å². The fourth-order valence-electron chi connectivity index (χ4n) is 2.92. The van der Waals surface area contributed by atoms with Crippen LogP contribution >= 0.6 is 0 Å². The van der Waals surface area contributed by atoms with Gasteiger partial charge in [0.15, 0.2) is 0 Å². The molecule has 0 aromatic heterocycles. The van der Waals surface area contributed by atoms with Crippen molar-refractivity contribution in [1.82, 2.24) is 8.61 Å². The fraction of sp³-hybridized carbons (Fsp3) is 0.500. The number of aromatic carboxylic acids is 1. The van der Waals surface area contributed by atoms with Crippen LogP contribution in [-0.4, -0.2) is 41.2 Å². The highest BCUT2D eigenvalue weighted by Gasteiger charge is 2.34. The molecule has 1 N–H and O–H groups in total. The Morgan fingerprint density at radius 3 is 2.33 bits per heavy atom. The molecule has 1 saturated heterocycles. The van der Waals surface area contributed by atoms with Crippen LogP contribution in [0.3, 0.4) is 0 Å². The van der Waals surface area contributed by atoms with Gasteiger partial charge in [-0.15, -0.1) is 0 Å². The van der Waals surface area contributed by atoms with Gasteiger partial charge in [-0.25, -0.2) is 4.79 Å². The van der Waals surface area contributed by atoms with Gasteiger partial charge in [-0.2, -0.15) is 17.0 Å². The summed E-state index contributed by atoms with van der Waals surface area (Å²) < 4.78 is 28.2. The van der Waals surface area contributed by atoms with E-state index in [9.17, 15) is 13.2 Å². The van der Waals surface area contributed by atoms with Crippen molar-refractivity contribution in [2.24, 2.45) is 0 Å². The Labute approximate surface area is 124 Å². The number of piperidine rings is 1. The number of carbonyl (C=O) groups is 1. The summed E-state index contributed by atoms with van der Waals surface area (Å²) >= 11 is 0. The summed E-state index contributed by atoms with van der Waals surface area (Å²) in [5, 5.41) is 9.01. The average molecular weight is 310 g/mol. The number of carboxylic acid groups (broad SMARTS) is 1. The highest BCUT2D eigenvalue weighted by atomic mass is 32.2. The molecule has 0 amide bonds. The maximum absolute atomic E-state index is 12.6. The summed E-state index contributed by atoms with van der Waals surface area (Å²) in [5.74, 6) is -0.991. The Kier molecular flexibility index (Phi) is 3.73. The molecule has 0 unspecified atom stereocenters. The summed E-state index contributed by atoms with van der Waals surface area (Å²) in [6.45, 7) is 1.74. The van der Waals surface area contributed by atoms with Crippen molar-refractivity contribution in [2.75, 3.05) is 13.1 Å². The first-order valence-electron chi connectivity index (χ1n) is 7.09. The van der Waals surface area contributed by atoms with E-state index < -0.39 is 16.2 Å². The first kappa shape index (κ1) is 14.5. The van der Waals surface area contributed by atoms with E-state index in [2.05, 4.69) is 0 Å². The molecule has 7 heteroatoms. The predicted molar refractivity (Wildman–Crippen MR) is 77.0 cm³/mol. The lowest BCUT2D eigenvalue weighted by atomic mass is 10.1. The molecule has 2 aliphatic heterocycles. The standard InChI is InChI=1S/C14H18N2O4S/c17-14(18)11-4-5-12-9-16(10-13(12)8-11)21(19,20)15-6-2-1-3-7-15/h4-5,8H,1-3,6-7,9-10H2,(H,17,18). The third-order valence-corrected chi connectivity index (χ3v) is 6.04. The number of fused-ring (bicyclic) bond motifs is 1. The molecule has 0 bridgehead atoms. The Morgan fingerprint density at radius 2 is 1.67 bits per heavy atom. The smallest absolute Gasteiger partial charge is 0.335 e. The maximum Gasteiger partial charge on any atom is 0.335 e. The monoisotopic (exact) mass is 310 g/mol. The van der Waals surface area contributed by atoms with Crippen molar-refractivity contribution in [3.8, 4) is 0 Å². The second-order valence-corrected chi connectivity index (χ2v) is 7.45. The Hall–Kier alpha value is -1.44. The largest absolute Gasteiger partial charge is 0.478 e.